The first kappa shape index (κ1) is 47.9. The summed E-state index contributed by atoms with van der Waals surface area (Å²) in [5.74, 6) is 3.28. The third kappa shape index (κ3) is 9.72. The molecule has 0 N–H and O–H groups in total. The second-order valence-electron chi connectivity index (χ2n) is 20.4. The molecular weight excluding hydrogens is 775 g/mol. The first-order valence-corrected chi connectivity index (χ1v) is 27.7. The molecule has 2 heteroatoms. The Morgan fingerprint density at radius 1 is 0.226 bits per heavy atom. The van der Waals surface area contributed by atoms with E-state index in [1.165, 1.54) is 89.0 Å². The summed E-state index contributed by atoms with van der Waals surface area (Å²) >= 11 is -0.292. The molecule has 0 bridgehead atoms. The van der Waals surface area contributed by atoms with Gasteiger partial charge in [0.1, 0.15) is 0 Å². The summed E-state index contributed by atoms with van der Waals surface area (Å²) in [6, 6.07) is 43.2. The monoisotopic (exact) mass is 849 g/mol. The molecule has 0 aliphatic heterocycles. The molecule has 6 rings (SSSR count). The van der Waals surface area contributed by atoms with Gasteiger partial charge in [-0.25, -0.2) is 0 Å². The van der Waals surface area contributed by atoms with Crippen molar-refractivity contribution < 1.29 is 0 Å². The molecule has 62 heavy (non-hydrogen) atoms. The van der Waals surface area contributed by atoms with Crippen molar-refractivity contribution >= 4 is 34.4 Å². The SMILES string of the molecule is CC(C)c1cccc(C(C)C)c1-c1cccc(-c2c(C(C)C)cccc2C(C)C)[c]1[Al]=[Al][c]1c(-c2c(C(C)C)cccc2C(C)C)cccc1-c1c(C(C)C)cccc1C(C)C. The second-order valence-corrected chi connectivity index (χ2v) is 24.2. The van der Waals surface area contributed by atoms with Crippen LogP contribution < -0.4 is 8.85 Å². The Bertz CT molecular complexity index is 2090. The zero-order valence-corrected chi connectivity index (χ0v) is 43.5. The molecule has 0 amide bonds. The van der Waals surface area contributed by atoms with Gasteiger partial charge in [0.25, 0.3) is 0 Å². The molecule has 6 aromatic rings. The predicted molar refractivity (Wildman–Crippen MR) is 278 cm³/mol. The maximum atomic E-state index is 2.49. The van der Waals surface area contributed by atoms with E-state index in [1.807, 2.05) is 0 Å². The van der Waals surface area contributed by atoms with Gasteiger partial charge in [0.15, 0.2) is 0 Å². The number of hydrogen-bond acceptors (Lipinski definition) is 0. The first-order chi connectivity index (χ1) is 29.5. The average molecular weight is 849 g/mol. The Morgan fingerprint density at radius 3 is 0.516 bits per heavy atom. The van der Waals surface area contributed by atoms with E-state index >= 15 is 0 Å². The Labute approximate surface area is 388 Å². The number of benzene rings is 6. The molecule has 0 aromatic heterocycles. The van der Waals surface area contributed by atoms with E-state index < -0.39 is 0 Å². The van der Waals surface area contributed by atoms with Gasteiger partial charge >= 0.3 is 391 Å². The van der Waals surface area contributed by atoms with Crippen molar-refractivity contribution in [1.82, 2.24) is 0 Å². The Hall–Kier alpha value is -3.62. The average Bonchev–Trinajstić information content (AvgIpc) is 3.23. The fourth-order valence-electron chi connectivity index (χ4n) is 9.98. The Morgan fingerprint density at radius 2 is 0.371 bits per heavy atom. The molecule has 0 aliphatic carbocycles. The molecule has 6 aromatic carbocycles. The van der Waals surface area contributed by atoms with Gasteiger partial charge in [-0.3, -0.25) is 0 Å². The minimum absolute atomic E-state index is 0.146. The van der Waals surface area contributed by atoms with Crippen LogP contribution in [-0.4, -0.2) is 25.6 Å². The predicted octanol–water partition coefficient (Wildman–Crippen LogP) is 16.6. The minimum atomic E-state index is -0.146. The van der Waals surface area contributed by atoms with Crippen molar-refractivity contribution in [3.8, 4) is 44.5 Å². The molecule has 0 unspecified atom stereocenters. The zero-order chi connectivity index (χ0) is 45.2. The van der Waals surface area contributed by atoms with Crippen LogP contribution in [0.4, 0.5) is 0 Å². The van der Waals surface area contributed by atoms with Crippen molar-refractivity contribution in [2.24, 2.45) is 0 Å². The van der Waals surface area contributed by atoms with Gasteiger partial charge < -0.3 is 0 Å². The summed E-state index contributed by atoms with van der Waals surface area (Å²) in [7, 11) is 0. The summed E-state index contributed by atoms with van der Waals surface area (Å²) in [6.07, 6.45) is 0. The normalized spacial score (nSPS) is 12.1. The van der Waals surface area contributed by atoms with E-state index in [4.69, 9.17) is 0 Å². The summed E-state index contributed by atoms with van der Waals surface area (Å²) in [5.41, 5.74) is 23.4. The summed E-state index contributed by atoms with van der Waals surface area (Å²) in [5, 5.41) is 0. The van der Waals surface area contributed by atoms with Crippen LogP contribution in [0.2, 0.25) is 0 Å². The molecule has 0 saturated heterocycles. The zero-order valence-electron chi connectivity index (χ0n) is 41.2. The van der Waals surface area contributed by atoms with E-state index in [2.05, 4.69) is 220 Å². The van der Waals surface area contributed by atoms with Crippen LogP contribution in [-0.2, 0) is 0 Å². The number of hydrogen-bond donors (Lipinski definition) is 0. The summed E-state index contributed by atoms with van der Waals surface area (Å²) in [4.78, 5) is 0. The van der Waals surface area contributed by atoms with Gasteiger partial charge in [-0.2, -0.15) is 0 Å². The van der Waals surface area contributed by atoms with Gasteiger partial charge in [-0.15, -0.1) is 0 Å². The molecule has 0 aliphatic rings. The van der Waals surface area contributed by atoms with Crippen LogP contribution in [0.5, 0.6) is 0 Å². The molecule has 0 spiro atoms. The fraction of sp³-hybridized carbons (Fsp3) is 0.400. The van der Waals surface area contributed by atoms with E-state index in [0.29, 0.717) is 47.3 Å². The van der Waals surface area contributed by atoms with Crippen LogP contribution in [0, 0.1) is 0 Å². The van der Waals surface area contributed by atoms with Gasteiger partial charge in [-0.1, -0.05) is 0 Å². The third-order valence-electron chi connectivity index (χ3n) is 13.2. The molecule has 0 fully saturated rings. The molecular formula is C60H74Al2. The molecule has 0 nitrogen and oxygen atoms in total. The fourth-order valence-corrected chi connectivity index (χ4v) is 15.1. The standard InChI is InChI=1S/2C30H37.2Al/c2*1-19(2)25-14-10-15-26(20(3)4)29(25)23-12-9-13-24(18-23)30-27(21(5)6)16-11-17-28(30)22(7)8;;/h2*9-17,19-22H,1-8H3;;. The quantitative estimate of drug-likeness (QED) is 0.0958. The summed E-state index contributed by atoms with van der Waals surface area (Å²) < 4.78 is 3.19. The third-order valence-corrected chi connectivity index (χ3v) is 17.8. The topological polar surface area (TPSA) is 0 Å². The van der Waals surface area contributed by atoms with Crippen molar-refractivity contribution in [2.75, 3.05) is 0 Å². The van der Waals surface area contributed by atoms with Crippen LogP contribution in [0.15, 0.2) is 109 Å². The van der Waals surface area contributed by atoms with Crippen molar-refractivity contribution in [1.29, 1.82) is 0 Å². The van der Waals surface area contributed by atoms with Crippen molar-refractivity contribution in [2.45, 2.75) is 158 Å². The molecule has 0 heterocycles. The van der Waals surface area contributed by atoms with E-state index in [1.54, 1.807) is 8.85 Å². The van der Waals surface area contributed by atoms with Crippen LogP contribution >= 0.6 is 0 Å². The van der Waals surface area contributed by atoms with Crippen molar-refractivity contribution in [3.05, 3.63) is 154 Å². The van der Waals surface area contributed by atoms with Gasteiger partial charge in [0.2, 0.25) is 0 Å². The van der Waals surface area contributed by atoms with Crippen LogP contribution in [0.1, 0.15) is 203 Å². The van der Waals surface area contributed by atoms with Gasteiger partial charge in [0.05, 0.1) is 0 Å². The Kier molecular flexibility index (Phi) is 15.8. The van der Waals surface area contributed by atoms with E-state index in [-0.39, 0.29) is 25.6 Å². The van der Waals surface area contributed by atoms with Crippen molar-refractivity contribution in [3.63, 3.8) is 0 Å². The van der Waals surface area contributed by atoms with Gasteiger partial charge in [-0.05, 0) is 0 Å². The van der Waals surface area contributed by atoms with E-state index in [9.17, 15) is 0 Å². The van der Waals surface area contributed by atoms with E-state index in [0.717, 1.165) is 0 Å². The van der Waals surface area contributed by atoms with Gasteiger partial charge in [0, 0.05) is 0 Å². The maximum absolute atomic E-state index is 2.49. The van der Waals surface area contributed by atoms with Crippen LogP contribution in [0.25, 0.3) is 44.5 Å². The Balaban J connectivity index is 1.86. The second kappa shape index (κ2) is 20.5. The van der Waals surface area contributed by atoms with Crippen LogP contribution in [0.3, 0.4) is 0 Å². The molecule has 0 atom stereocenters. The summed E-state index contributed by atoms with van der Waals surface area (Å²) in [6.45, 7) is 38.1. The molecule has 0 radical (unpaired) electrons. The molecule has 320 valence electrons. The number of rotatable bonds is 14. The first-order valence-electron chi connectivity index (χ1n) is 23.9. The molecule has 0 saturated carbocycles.